The van der Waals surface area contributed by atoms with E-state index in [1.807, 2.05) is 0 Å². The van der Waals surface area contributed by atoms with E-state index in [0.29, 0.717) is 24.3 Å². The van der Waals surface area contributed by atoms with Crippen LogP contribution in [0.5, 0.6) is 0 Å². The Morgan fingerprint density at radius 3 is 2.55 bits per heavy atom. The molecule has 2 N–H and O–H groups in total. The van der Waals surface area contributed by atoms with E-state index in [1.165, 1.54) is 4.31 Å². The minimum Gasteiger partial charge on any atom is -0.325 e. The maximum absolute atomic E-state index is 12.1. The lowest BCUT2D eigenvalue weighted by atomic mass is 10.0. The summed E-state index contributed by atoms with van der Waals surface area (Å²) < 4.78 is 25.2. The Morgan fingerprint density at radius 2 is 1.95 bits per heavy atom. The summed E-state index contributed by atoms with van der Waals surface area (Å²) in [5.41, 5.74) is 1.35. The summed E-state index contributed by atoms with van der Waals surface area (Å²) in [5, 5.41) is 6.09. The maximum atomic E-state index is 12.1. The van der Waals surface area contributed by atoms with Gasteiger partial charge in [-0.3, -0.25) is 9.10 Å². The predicted molar refractivity (Wildman–Crippen MR) is 86.5 cm³/mol. The lowest BCUT2D eigenvalue weighted by molar-refractivity contribution is -0.118. The molecule has 1 amide bonds. The molecule has 0 aromatic heterocycles. The van der Waals surface area contributed by atoms with E-state index in [2.05, 4.69) is 10.6 Å². The number of carbonyl (C=O) groups excluding carboxylic acids is 1. The molecule has 0 bridgehead atoms. The van der Waals surface area contributed by atoms with E-state index >= 15 is 0 Å². The van der Waals surface area contributed by atoms with Crippen molar-refractivity contribution >= 4 is 27.3 Å². The van der Waals surface area contributed by atoms with Crippen molar-refractivity contribution in [2.45, 2.75) is 31.7 Å². The first kappa shape index (κ1) is 15.3. The van der Waals surface area contributed by atoms with Gasteiger partial charge in [0, 0.05) is 12.2 Å². The summed E-state index contributed by atoms with van der Waals surface area (Å²) in [6, 6.07) is 6.86. The second-order valence-corrected chi connectivity index (χ2v) is 7.79. The van der Waals surface area contributed by atoms with E-state index in [9.17, 15) is 13.2 Å². The Hall–Kier alpha value is -1.60. The van der Waals surface area contributed by atoms with Gasteiger partial charge in [-0.25, -0.2) is 8.42 Å². The highest BCUT2D eigenvalue weighted by molar-refractivity contribution is 7.93. The smallest absolute Gasteiger partial charge is 0.241 e. The molecule has 1 aromatic carbocycles. The van der Waals surface area contributed by atoms with Gasteiger partial charge in [-0.1, -0.05) is 6.42 Å². The SMILES string of the molecule is O=C(Nc1ccc(N2CCCS2(=O)=O)cc1)C1CCCCN1. The van der Waals surface area contributed by atoms with Crippen molar-refractivity contribution in [2.24, 2.45) is 0 Å². The lowest BCUT2D eigenvalue weighted by Crippen LogP contribution is -2.43. The highest BCUT2D eigenvalue weighted by Crippen LogP contribution is 2.25. The van der Waals surface area contributed by atoms with Gasteiger partial charge in [0.1, 0.15) is 0 Å². The van der Waals surface area contributed by atoms with Gasteiger partial charge in [0.15, 0.2) is 0 Å². The monoisotopic (exact) mass is 323 g/mol. The average molecular weight is 323 g/mol. The molecule has 0 radical (unpaired) electrons. The van der Waals surface area contributed by atoms with Crippen LogP contribution in [0.2, 0.25) is 0 Å². The number of carbonyl (C=O) groups is 1. The molecule has 120 valence electrons. The fourth-order valence-electron chi connectivity index (χ4n) is 2.95. The minimum absolute atomic E-state index is 0.0266. The third-order valence-corrected chi connectivity index (χ3v) is 6.02. The van der Waals surface area contributed by atoms with Gasteiger partial charge < -0.3 is 10.6 Å². The zero-order valence-electron chi connectivity index (χ0n) is 12.4. The van der Waals surface area contributed by atoms with Crippen molar-refractivity contribution in [1.29, 1.82) is 0 Å². The number of piperidine rings is 1. The van der Waals surface area contributed by atoms with Crippen LogP contribution >= 0.6 is 0 Å². The van der Waals surface area contributed by atoms with Gasteiger partial charge in [-0.15, -0.1) is 0 Å². The highest BCUT2D eigenvalue weighted by atomic mass is 32.2. The molecule has 2 aliphatic rings. The standard InChI is InChI=1S/C15H21N3O3S/c19-15(14-4-1-2-9-16-14)17-12-5-7-13(8-6-12)18-10-3-11-22(18,20)21/h5-8,14,16H,1-4,9-11H2,(H,17,19). The fourth-order valence-corrected chi connectivity index (χ4v) is 4.51. The summed E-state index contributed by atoms with van der Waals surface area (Å²) in [7, 11) is -3.16. The van der Waals surface area contributed by atoms with Crippen LogP contribution in [0.4, 0.5) is 11.4 Å². The molecule has 2 fully saturated rings. The molecule has 7 heteroatoms. The first-order chi connectivity index (χ1) is 10.6. The molecule has 6 nitrogen and oxygen atoms in total. The zero-order valence-corrected chi connectivity index (χ0v) is 13.2. The molecule has 0 spiro atoms. The molecule has 0 aliphatic carbocycles. The van der Waals surface area contributed by atoms with Crippen LogP contribution in [0.15, 0.2) is 24.3 Å². The van der Waals surface area contributed by atoms with Gasteiger partial charge >= 0.3 is 0 Å². The van der Waals surface area contributed by atoms with Gasteiger partial charge in [-0.05, 0) is 50.1 Å². The summed E-state index contributed by atoms with van der Waals surface area (Å²) in [4.78, 5) is 12.1. The first-order valence-corrected chi connectivity index (χ1v) is 9.32. The molecule has 1 aromatic rings. The average Bonchev–Trinajstić information content (AvgIpc) is 2.88. The Labute approximate surface area is 130 Å². The number of amides is 1. The molecule has 2 saturated heterocycles. The van der Waals surface area contributed by atoms with Crippen LogP contribution in [-0.2, 0) is 14.8 Å². The maximum Gasteiger partial charge on any atom is 0.241 e. The Kier molecular flexibility index (Phi) is 4.35. The summed E-state index contributed by atoms with van der Waals surface area (Å²) >= 11 is 0. The molecule has 2 aliphatic heterocycles. The summed E-state index contributed by atoms with van der Waals surface area (Å²) in [6.07, 6.45) is 3.70. The number of nitrogens with one attached hydrogen (secondary N) is 2. The number of hydrogen-bond acceptors (Lipinski definition) is 4. The van der Waals surface area contributed by atoms with Crippen molar-refractivity contribution < 1.29 is 13.2 Å². The molecule has 2 heterocycles. The van der Waals surface area contributed by atoms with Crippen molar-refractivity contribution in [1.82, 2.24) is 5.32 Å². The van der Waals surface area contributed by atoms with Crippen molar-refractivity contribution in [3.8, 4) is 0 Å². The van der Waals surface area contributed by atoms with Crippen molar-refractivity contribution in [3.63, 3.8) is 0 Å². The second-order valence-electron chi connectivity index (χ2n) is 5.78. The Balaban J connectivity index is 1.65. The molecule has 1 atom stereocenters. The molecule has 22 heavy (non-hydrogen) atoms. The predicted octanol–water partition coefficient (Wildman–Crippen LogP) is 1.31. The Bertz CT molecular complexity index is 637. The lowest BCUT2D eigenvalue weighted by Gasteiger charge is -2.22. The summed E-state index contributed by atoms with van der Waals surface area (Å²) in [5.74, 6) is 0.181. The number of hydrogen-bond donors (Lipinski definition) is 2. The number of benzene rings is 1. The number of nitrogens with zero attached hydrogens (tertiary/aromatic N) is 1. The number of sulfonamides is 1. The van der Waals surface area contributed by atoms with E-state index in [0.717, 1.165) is 25.8 Å². The van der Waals surface area contributed by atoms with Gasteiger partial charge in [0.25, 0.3) is 0 Å². The van der Waals surface area contributed by atoms with Gasteiger partial charge in [0.2, 0.25) is 15.9 Å². The normalized spacial score (nSPS) is 24.2. The fraction of sp³-hybridized carbons (Fsp3) is 0.533. The van der Waals surface area contributed by atoms with Crippen LogP contribution in [0.1, 0.15) is 25.7 Å². The minimum atomic E-state index is -3.16. The highest BCUT2D eigenvalue weighted by Gasteiger charge is 2.28. The topological polar surface area (TPSA) is 78.5 Å². The van der Waals surface area contributed by atoms with Crippen LogP contribution in [0.25, 0.3) is 0 Å². The molecule has 0 saturated carbocycles. The van der Waals surface area contributed by atoms with E-state index in [4.69, 9.17) is 0 Å². The zero-order chi connectivity index (χ0) is 15.6. The van der Waals surface area contributed by atoms with Crippen LogP contribution < -0.4 is 14.9 Å². The molecular formula is C15H21N3O3S. The van der Waals surface area contributed by atoms with Crippen molar-refractivity contribution in [3.05, 3.63) is 24.3 Å². The van der Waals surface area contributed by atoms with E-state index in [1.54, 1.807) is 24.3 Å². The van der Waals surface area contributed by atoms with Crippen LogP contribution in [0, 0.1) is 0 Å². The van der Waals surface area contributed by atoms with Crippen LogP contribution in [0.3, 0.4) is 0 Å². The van der Waals surface area contributed by atoms with E-state index < -0.39 is 10.0 Å². The van der Waals surface area contributed by atoms with Gasteiger partial charge in [-0.2, -0.15) is 0 Å². The second kappa shape index (κ2) is 6.26. The van der Waals surface area contributed by atoms with E-state index in [-0.39, 0.29) is 17.7 Å². The summed E-state index contributed by atoms with van der Waals surface area (Å²) in [6.45, 7) is 1.41. The third kappa shape index (κ3) is 3.25. The largest absolute Gasteiger partial charge is 0.325 e. The first-order valence-electron chi connectivity index (χ1n) is 7.71. The van der Waals surface area contributed by atoms with Crippen molar-refractivity contribution in [2.75, 3.05) is 28.5 Å². The molecule has 1 unspecified atom stereocenters. The molecule has 3 rings (SSSR count). The van der Waals surface area contributed by atoms with Crippen LogP contribution in [-0.4, -0.2) is 39.2 Å². The molecular weight excluding hydrogens is 302 g/mol. The number of anilines is 2. The number of rotatable bonds is 3. The van der Waals surface area contributed by atoms with Gasteiger partial charge in [0.05, 0.1) is 17.5 Å². The quantitative estimate of drug-likeness (QED) is 0.879. The Morgan fingerprint density at radius 1 is 1.18 bits per heavy atom. The third-order valence-electron chi connectivity index (χ3n) is 4.15.